The number of carbonyl (C=O) groups is 1. The van der Waals surface area contributed by atoms with E-state index in [1.54, 1.807) is 11.0 Å². The number of aromatic amines is 1. The number of hydrogen-bond acceptors (Lipinski definition) is 6. The Bertz CT molecular complexity index is 882. The minimum Gasteiger partial charge on any atom is -0.478 e. The van der Waals surface area contributed by atoms with E-state index in [9.17, 15) is 13.2 Å². The van der Waals surface area contributed by atoms with Crippen LogP contribution < -0.4 is 4.74 Å². The highest BCUT2D eigenvalue weighted by Gasteiger charge is 2.28. The number of rotatable bonds is 6. The summed E-state index contributed by atoms with van der Waals surface area (Å²) < 4.78 is 31.2. The first-order valence-corrected chi connectivity index (χ1v) is 9.70. The molecule has 0 saturated carbocycles. The van der Waals surface area contributed by atoms with Crippen molar-refractivity contribution in [1.29, 1.82) is 0 Å². The first-order chi connectivity index (χ1) is 12.4. The summed E-state index contributed by atoms with van der Waals surface area (Å²) in [7, 11) is -2.39. The molecular weight excluding hydrogens is 358 g/mol. The molecule has 1 aliphatic heterocycles. The summed E-state index contributed by atoms with van der Waals surface area (Å²) in [6.07, 6.45) is 3.11. The Morgan fingerprint density at radius 3 is 2.92 bits per heavy atom. The lowest BCUT2D eigenvalue weighted by molar-refractivity contribution is -0.132. The van der Waals surface area contributed by atoms with Crippen molar-refractivity contribution >= 4 is 15.9 Å². The van der Waals surface area contributed by atoms with E-state index in [2.05, 4.69) is 15.0 Å². The van der Waals surface area contributed by atoms with Gasteiger partial charge in [0, 0.05) is 32.6 Å². The first kappa shape index (κ1) is 18.3. The molecule has 2 aromatic rings. The Hall–Kier alpha value is -2.46. The summed E-state index contributed by atoms with van der Waals surface area (Å²) in [4.78, 5) is 24.9. The molecule has 2 aromatic heterocycles. The zero-order valence-corrected chi connectivity index (χ0v) is 15.5. The lowest BCUT2D eigenvalue weighted by Crippen LogP contribution is -2.43. The minimum atomic E-state index is -3.76. The fourth-order valence-electron chi connectivity index (χ4n) is 2.76. The van der Waals surface area contributed by atoms with Gasteiger partial charge < -0.3 is 14.6 Å². The lowest BCUT2D eigenvalue weighted by Gasteiger charge is -2.29. The van der Waals surface area contributed by atoms with Crippen molar-refractivity contribution in [2.24, 2.45) is 0 Å². The van der Waals surface area contributed by atoms with Crippen molar-refractivity contribution < 1.29 is 17.9 Å². The Balaban J connectivity index is 1.66. The van der Waals surface area contributed by atoms with Gasteiger partial charge in [-0.15, -0.1) is 0 Å². The van der Waals surface area contributed by atoms with Crippen LogP contribution in [0.2, 0.25) is 0 Å². The molecule has 0 unspecified atom stereocenters. The van der Waals surface area contributed by atoms with E-state index in [0.29, 0.717) is 32.0 Å². The molecule has 3 heterocycles. The molecule has 0 aliphatic carbocycles. The van der Waals surface area contributed by atoms with Crippen molar-refractivity contribution in [3.05, 3.63) is 35.9 Å². The van der Waals surface area contributed by atoms with Crippen LogP contribution in [0.3, 0.4) is 0 Å². The van der Waals surface area contributed by atoms with Crippen LogP contribution in [0, 0.1) is 0 Å². The Morgan fingerprint density at radius 1 is 1.42 bits per heavy atom. The highest BCUT2D eigenvalue weighted by Crippen LogP contribution is 2.21. The summed E-state index contributed by atoms with van der Waals surface area (Å²) in [5.41, 5.74) is 1.87. The quantitative estimate of drug-likeness (QED) is 0.779. The lowest BCUT2D eigenvalue weighted by atomic mass is 10.1. The predicted octanol–water partition coefficient (Wildman–Crippen LogP) is 0.409. The molecular formula is C16H21N5O4S. The van der Waals surface area contributed by atoms with E-state index < -0.39 is 10.0 Å². The third kappa shape index (κ3) is 3.70. The van der Waals surface area contributed by atoms with Gasteiger partial charge >= 0.3 is 0 Å². The van der Waals surface area contributed by atoms with Crippen molar-refractivity contribution in [3.63, 3.8) is 0 Å². The largest absolute Gasteiger partial charge is 0.478 e. The average molecular weight is 379 g/mol. The second-order valence-corrected chi connectivity index (χ2v) is 7.94. The van der Waals surface area contributed by atoms with Gasteiger partial charge in [0.2, 0.25) is 11.8 Å². The van der Waals surface area contributed by atoms with Gasteiger partial charge in [-0.2, -0.15) is 4.31 Å². The van der Waals surface area contributed by atoms with Crippen molar-refractivity contribution in [2.75, 3.05) is 26.7 Å². The van der Waals surface area contributed by atoms with E-state index in [0.717, 1.165) is 15.6 Å². The molecule has 10 heteroatoms. The molecule has 0 atom stereocenters. The summed E-state index contributed by atoms with van der Waals surface area (Å²) in [6.45, 7) is 3.11. The molecule has 0 radical (unpaired) electrons. The van der Waals surface area contributed by atoms with Crippen molar-refractivity contribution in [2.45, 2.75) is 24.9 Å². The number of imidazole rings is 1. The number of nitrogens with one attached hydrogen (secondary N) is 1. The Morgan fingerprint density at radius 2 is 2.23 bits per heavy atom. The molecule has 140 valence electrons. The number of amides is 1. The zero-order chi connectivity index (χ0) is 18.7. The van der Waals surface area contributed by atoms with Crippen LogP contribution in [0.5, 0.6) is 5.88 Å². The second kappa shape index (κ2) is 7.42. The zero-order valence-electron chi connectivity index (χ0n) is 14.7. The van der Waals surface area contributed by atoms with Crippen LogP contribution in [0.4, 0.5) is 0 Å². The maximum Gasteiger partial charge on any atom is 0.260 e. The first-order valence-electron chi connectivity index (χ1n) is 8.26. The van der Waals surface area contributed by atoms with E-state index in [4.69, 9.17) is 4.74 Å². The Labute approximate surface area is 152 Å². The van der Waals surface area contributed by atoms with Gasteiger partial charge in [-0.05, 0) is 12.5 Å². The smallest absolute Gasteiger partial charge is 0.260 e. The molecule has 0 fully saturated rings. The van der Waals surface area contributed by atoms with Crippen LogP contribution in [-0.4, -0.2) is 65.2 Å². The number of fused-ring (bicyclic) bond motifs is 1. The van der Waals surface area contributed by atoms with Gasteiger partial charge in [0.15, 0.2) is 5.03 Å². The summed E-state index contributed by atoms with van der Waals surface area (Å²) in [6, 6.07) is 3.68. The number of carbonyl (C=O) groups excluding carboxylic acids is 1. The highest BCUT2D eigenvalue weighted by atomic mass is 32.2. The van der Waals surface area contributed by atoms with Crippen LogP contribution in [0.25, 0.3) is 0 Å². The van der Waals surface area contributed by atoms with Gasteiger partial charge in [-0.25, -0.2) is 18.4 Å². The predicted molar refractivity (Wildman–Crippen MR) is 92.9 cm³/mol. The van der Waals surface area contributed by atoms with Gasteiger partial charge in [0.25, 0.3) is 10.0 Å². The van der Waals surface area contributed by atoms with E-state index in [1.807, 2.05) is 13.0 Å². The third-order valence-corrected chi connectivity index (χ3v) is 5.92. The molecule has 0 aromatic carbocycles. The van der Waals surface area contributed by atoms with Crippen molar-refractivity contribution in [3.8, 4) is 5.88 Å². The van der Waals surface area contributed by atoms with Gasteiger partial charge in [-0.1, -0.05) is 6.07 Å². The highest BCUT2D eigenvalue weighted by molar-refractivity contribution is 7.89. The van der Waals surface area contributed by atoms with E-state index in [1.165, 1.54) is 19.6 Å². The normalized spacial score (nSPS) is 14.3. The molecule has 0 bridgehead atoms. The number of ether oxygens (including phenoxy) is 1. The molecule has 0 spiro atoms. The Kier molecular flexibility index (Phi) is 5.23. The van der Waals surface area contributed by atoms with Crippen LogP contribution >= 0.6 is 0 Å². The minimum absolute atomic E-state index is 0.0376. The van der Waals surface area contributed by atoms with Gasteiger partial charge in [0.1, 0.15) is 0 Å². The summed E-state index contributed by atoms with van der Waals surface area (Å²) in [5.74, 6) is 0.325. The molecule has 0 saturated heterocycles. The van der Waals surface area contributed by atoms with E-state index >= 15 is 0 Å². The molecule has 1 amide bonds. The van der Waals surface area contributed by atoms with E-state index in [-0.39, 0.29) is 17.5 Å². The summed E-state index contributed by atoms with van der Waals surface area (Å²) in [5, 5.41) is -0.0376. The summed E-state index contributed by atoms with van der Waals surface area (Å²) >= 11 is 0. The topological polar surface area (TPSA) is 108 Å². The number of H-pyrrole nitrogens is 1. The second-order valence-electron chi connectivity index (χ2n) is 5.93. The molecule has 9 nitrogen and oxygen atoms in total. The molecule has 3 rings (SSSR count). The maximum atomic E-state index is 12.6. The number of likely N-dealkylation sites (N-methyl/N-ethyl adjacent to an activating group) is 1. The average Bonchev–Trinajstić information content (AvgIpc) is 3.17. The van der Waals surface area contributed by atoms with Gasteiger partial charge in [0.05, 0.1) is 31.4 Å². The van der Waals surface area contributed by atoms with Crippen LogP contribution in [-0.2, 0) is 27.8 Å². The number of pyridine rings is 1. The third-order valence-electron chi connectivity index (χ3n) is 4.19. The number of aromatic nitrogens is 3. The SMILES string of the molecule is CCOc1ccc2c(n1)CCN(C(=O)CN(C)S(=O)(=O)c1cnc[nH]1)C2. The number of sulfonamides is 1. The fourth-order valence-corrected chi connectivity index (χ4v) is 3.78. The monoisotopic (exact) mass is 379 g/mol. The van der Waals surface area contributed by atoms with Gasteiger partial charge in [-0.3, -0.25) is 4.79 Å². The standard InChI is InChI=1S/C16H21N5O4S/c1-3-25-14-5-4-12-9-21(7-6-13(12)19-14)16(22)10-20(2)26(23,24)15-8-17-11-18-15/h4-5,8,11H,3,6-7,9-10H2,1-2H3,(H,17,18). The number of hydrogen-bond donors (Lipinski definition) is 1. The number of nitrogens with zero attached hydrogens (tertiary/aromatic N) is 4. The molecule has 26 heavy (non-hydrogen) atoms. The van der Waals surface area contributed by atoms with Crippen molar-refractivity contribution in [1.82, 2.24) is 24.2 Å². The fraction of sp³-hybridized carbons (Fsp3) is 0.438. The van der Waals surface area contributed by atoms with Crippen LogP contribution in [0.1, 0.15) is 18.2 Å². The molecule has 1 aliphatic rings. The maximum absolute atomic E-state index is 12.6. The molecule has 1 N–H and O–H groups in total. The van der Waals surface area contributed by atoms with Crippen LogP contribution in [0.15, 0.2) is 29.7 Å².